The fraction of sp³-hybridized carbons (Fsp3) is 0.720. The number of ether oxygens (including phenoxy) is 2. The molecular formula is C25H36F3N3O5S. The van der Waals surface area contributed by atoms with Crippen molar-refractivity contribution >= 4 is 16.1 Å². The van der Waals surface area contributed by atoms with E-state index in [1.807, 2.05) is 27.7 Å². The normalized spacial score (nSPS) is 29.1. The van der Waals surface area contributed by atoms with Crippen molar-refractivity contribution in [1.29, 1.82) is 0 Å². The van der Waals surface area contributed by atoms with Gasteiger partial charge < -0.3 is 14.4 Å². The molecule has 1 N–H and O–H groups in total. The molecule has 1 aromatic carbocycles. The van der Waals surface area contributed by atoms with E-state index in [4.69, 9.17) is 9.47 Å². The molecule has 3 aliphatic rings. The summed E-state index contributed by atoms with van der Waals surface area (Å²) in [6, 6.07) is 3.30. The van der Waals surface area contributed by atoms with Crippen LogP contribution in [-0.2, 0) is 25.7 Å². The van der Waals surface area contributed by atoms with Gasteiger partial charge in [-0.1, -0.05) is 13.3 Å². The van der Waals surface area contributed by atoms with Crippen LogP contribution in [-0.4, -0.2) is 73.9 Å². The summed E-state index contributed by atoms with van der Waals surface area (Å²) in [4.78, 5) is 14.1. The van der Waals surface area contributed by atoms with E-state index in [9.17, 15) is 26.4 Å². The lowest BCUT2D eigenvalue weighted by Crippen LogP contribution is -2.52. The first kappa shape index (κ1) is 28.1. The minimum atomic E-state index is -4.53. The Morgan fingerprint density at radius 2 is 1.86 bits per heavy atom. The maximum absolute atomic E-state index is 13.2. The lowest BCUT2D eigenvalue weighted by atomic mass is 9.97. The van der Waals surface area contributed by atoms with Gasteiger partial charge in [0.2, 0.25) is 10.0 Å². The van der Waals surface area contributed by atoms with Gasteiger partial charge in [-0.05, 0) is 69.7 Å². The van der Waals surface area contributed by atoms with E-state index in [0.29, 0.717) is 19.4 Å². The lowest BCUT2D eigenvalue weighted by Gasteiger charge is -2.34. The fourth-order valence-corrected chi connectivity index (χ4v) is 7.23. The summed E-state index contributed by atoms with van der Waals surface area (Å²) < 4.78 is 78.3. The molecule has 2 heterocycles. The van der Waals surface area contributed by atoms with Crippen molar-refractivity contribution in [3.05, 3.63) is 29.8 Å². The van der Waals surface area contributed by atoms with E-state index < -0.39 is 39.7 Å². The molecule has 208 valence electrons. The molecule has 8 nitrogen and oxygen atoms in total. The Hall–Kier alpha value is -1.89. The van der Waals surface area contributed by atoms with Crippen LogP contribution in [0.1, 0.15) is 52.5 Å². The second-order valence-electron chi connectivity index (χ2n) is 11.2. The van der Waals surface area contributed by atoms with E-state index in [1.165, 1.54) is 4.31 Å². The standard InChI is InChI=1S/C25H36F3N3O5S/c1-6-7-19(30(5)23(32)36-24(2,3)4)22-29-21-18-14-31(13-15(18)12-20(21)35-22)37(33,34)17-10-8-16(9-11-17)25(26,27)28/h8-11,15,18-22,29H,6-7,12-14H2,1-5H3/t15-,18?,19?,20?,21?,22?/m0/s1. The van der Waals surface area contributed by atoms with Crippen molar-refractivity contribution in [2.45, 2.75) is 88.0 Å². The summed E-state index contributed by atoms with van der Waals surface area (Å²) in [5.41, 5.74) is -1.51. The third-order valence-corrected chi connectivity index (χ3v) is 9.31. The number of benzene rings is 1. The first-order chi connectivity index (χ1) is 17.1. The predicted molar refractivity (Wildman–Crippen MR) is 130 cm³/mol. The molecule has 0 radical (unpaired) electrons. The van der Waals surface area contributed by atoms with Gasteiger partial charge in [0.25, 0.3) is 0 Å². The quantitative estimate of drug-likeness (QED) is 0.578. The zero-order chi connectivity index (χ0) is 27.3. The Bertz CT molecular complexity index is 1090. The largest absolute Gasteiger partial charge is 0.444 e. The number of halogens is 3. The van der Waals surface area contributed by atoms with Crippen LogP contribution in [0.5, 0.6) is 0 Å². The number of nitrogens with zero attached hydrogens (tertiary/aromatic N) is 2. The monoisotopic (exact) mass is 547 g/mol. The first-order valence-corrected chi connectivity index (χ1v) is 14.1. The number of hydrogen-bond donors (Lipinski definition) is 1. The molecule has 1 amide bonds. The summed E-state index contributed by atoms with van der Waals surface area (Å²) in [6.45, 7) is 8.03. The van der Waals surface area contributed by atoms with Gasteiger partial charge in [-0.2, -0.15) is 17.5 Å². The molecule has 4 rings (SSSR count). The number of rotatable bonds is 6. The molecule has 0 aromatic heterocycles. The number of fused-ring (bicyclic) bond motifs is 3. The zero-order valence-corrected chi connectivity index (χ0v) is 22.6. The molecular weight excluding hydrogens is 511 g/mol. The van der Waals surface area contributed by atoms with Crippen molar-refractivity contribution in [3.8, 4) is 0 Å². The molecule has 2 aliphatic heterocycles. The van der Waals surface area contributed by atoms with Crippen molar-refractivity contribution < 1.29 is 35.9 Å². The van der Waals surface area contributed by atoms with E-state index in [0.717, 1.165) is 30.7 Å². The molecule has 0 bridgehead atoms. The third-order valence-electron chi connectivity index (χ3n) is 7.47. The maximum atomic E-state index is 13.2. The summed E-state index contributed by atoms with van der Waals surface area (Å²) in [5.74, 6) is 0.0919. The number of carbonyl (C=O) groups is 1. The Labute approximate surface area is 216 Å². The Kier molecular flexibility index (Phi) is 7.61. The summed E-state index contributed by atoms with van der Waals surface area (Å²) >= 11 is 0. The van der Waals surface area contributed by atoms with E-state index in [1.54, 1.807) is 11.9 Å². The van der Waals surface area contributed by atoms with Gasteiger partial charge in [-0.25, -0.2) is 13.2 Å². The first-order valence-electron chi connectivity index (χ1n) is 12.7. The number of carbonyl (C=O) groups excluding carboxylic acids is 1. The maximum Gasteiger partial charge on any atom is 0.416 e. The van der Waals surface area contributed by atoms with Gasteiger partial charge >= 0.3 is 12.3 Å². The molecule has 1 aliphatic carbocycles. The molecule has 5 unspecified atom stereocenters. The van der Waals surface area contributed by atoms with E-state index >= 15 is 0 Å². The smallest absolute Gasteiger partial charge is 0.416 e. The molecule has 0 spiro atoms. The third kappa shape index (κ3) is 5.76. The van der Waals surface area contributed by atoms with Crippen molar-refractivity contribution in [3.63, 3.8) is 0 Å². The van der Waals surface area contributed by atoms with Gasteiger partial charge in [0.1, 0.15) is 11.8 Å². The van der Waals surface area contributed by atoms with Gasteiger partial charge in [-0.15, -0.1) is 0 Å². The Balaban J connectivity index is 1.43. The molecule has 2 saturated heterocycles. The topological polar surface area (TPSA) is 88.2 Å². The van der Waals surface area contributed by atoms with Crippen LogP contribution in [0.15, 0.2) is 29.2 Å². The van der Waals surface area contributed by atoms with Crippen molar-refractivity contribution in [1.82, 2.24) is 14.5 Å². The highest BCUT2D eigenvalue weighted by Crippen LogP contribution is 2.45. The Morgan fingerprint density at radius 3 is 2.43 bits per heavy atom. The predicted octanol–water partition coefficient (Wildman–Crippen LogP) is 4.06. The minimum Gasteiger partial charge on any atom is -0.444 e. The van der Waals surface area contributed by atoms with Crippen LogP contribution < -0.4 is 5.32 Å². The van der Waals surface area contributed by atoms with Crippen molar-refractivity contribution in [2.75, 3.05) is 20.1 Å². The van der Waals surface area contributed by atoms with Crippen LogP contribution in [0.25, 0.3) is 0 Å². The highest BCUT2D eigenvalue weighted by Gasteiger charge is 2.55. The SMILES string of the molecule is CCCC(C1NC2C(C[C@H]3CN(S(=O)(=O)c4ccc(C(F)(F)F)cc4)CC23)O1)N(C)C(=O)OC(C)(C)C. The molecule has 3 fully saturated rings. The van der Waals surface area contributed by atoms with E-state index in [-0.39, 0.29) is 41.5 Å². The highest BCUT2D eigenvalue weighted by molar-refractivity contribution is 7.89. The molecule has 37 heavy (non-hydrogen) atoms. The van der Waals surface area contributed by atoms with Crippen molar-refractivity contribution in [2.24, 2.45) is 11.8 Å². The second-order valence-corrected chi connectivity index (χ2v) is 13.2. The van der Waals surface area contributed by atoms with Gasteiger partial charge in [0, 0.05) is 26.2 Å². The van der Waals surface area contributed by atoms with Crippen LogP contribution in [0, 0.1) is 11.8 Å². The number of nitrogens with one attached hydrogen (secondary N) is 1. The highest BCUT2D eigenvalue weighted by atomic mass is 32.2. The number of hydrogen-bond acceptors (Lipinski definition) is 6. The van der Waals surface area contributed by atoms with Crippen LogP contribution >= 0.6 is 0 Å². The van der Waals surface area contributed by atoms with Gasteiger partial charge in [-0.3, -0.25) is 5.32 Å². The van der Waals surface area contributed by atoms with Crippen LogP contribution in [0.2, 0.25) is 0 Å². The number of sulfonamides is 1. The zero-order valence-electron chi connectivity index (χ0n) is 21.8. The Morgan fingerprint density at radius 1 is 1.22 bits per heavy atom. The second kappa shape index (κ2) is 10.0. The van der Waals surface area contributed by atoms with Gasteiger partial charge in [0.05, 0.1) is 22.6 Å². The number of alkyl halides is 3. The molecule has 6 atom stereocenters. The van der Waals surface area contributed by atoms with Crippen LogP contribution in [0.4, 0.5) is 18.0 Å². The average molecular weight is 548 g/mol. The molecule has 1 aromatic rings. The van der Waals surface area contributed by atoms with Crippen LogP contribution in [0.3, 0.4) is 0 Å². The number of amides is 1. The molecule has 1 saturated carbocycles. The minimum absolute atomic E-state index is 0.00772. The summed E-state index contributed by atoms with van der Waals surface area (Å²) in [6.07, 6.45) is -3.25. The summed E-state index contributed by atoms with van der Waals surface area (Å²) in [7, 11) is -2.23. The van der Waals surface area contributed by atoms with E-state index in [2.05, 4.69) is 5.32 Å². The average Bonchev–Trinajstić information content (AvgIpc) is 3.46. The fourth-order valence-electron chi connectivity index (χ4n) is 5.70. The summed E-state index contributed by atoms with van der Waals surface area (Å²) in [5, 5.41) is 3.53. The molecule has 12 heteroatoms. The van der Waals surface area contributed by atoms with Gasteiger partial charge in [0.15, 0.2) is 0 Å². The lowest BCUT2D eigenvalue weighted by molar-refractivity contribution is -0.137. The number of likely N-dealkylation sites (N-methyl/N-ethyl adjacent to an activating group) is 1.